The van der Waals surface area contributed by atoms with E-state index >= 15 is 0 Å². The second-order valence-electron chi connectivity index (χ2n) is 3.11. The van der Waals surface area contributed by atoms with Crippen LogP contribution in [0.1, 0.15) is 19.3 Å². The lowest BCUT2D eigenvalue weighted by atomic mass is 10.0. The fourth-order valence-electron chi connectivity index (χ4n) is 1.86. The first kappa shape index (κ1) is 6.64. The van der Waals surface area contributed by atoms with Crippen molar-refractivity contribution >= 4 is 11.9 Å². The number of hydrogen-bond donors (Lipinski definition) is 2. The van der Waals surface area contributed by atoms with Crippen LogP contribution in [0.25, 0.3) is 0 Å². The summed E-state index contributed by atoms with van der Waals surface area (Å²) in [5.74, 6) is -0.0658. The maximum absolute atomic E-state index is 11.1. The molecule has 0 aromatic heterocycles. The first-order chi connectivity index (χ1) is 5.27. The van der Waals surface area contributed by atoms with Gasteiger partial charge >= 0.3 is 6.03 Å². The van der Waals surface area contributed by atoms with Gasteiger partial charge in [-0.25, -0.2) is 4.79 Å². The predicted octanol–water partition coefficient (Wildman–Crippen LogP) is -0.00550. The van der Waals surface area contributed by atoms with Gasteiger partial charge in [0.25, 0.3) is 0 Å². The van der Waals surface area contributed by atoms with E-state index in [9.17, 15) is 9.59 Å². The number of hydrogen-bond acceptors (Lipinski definition) is 2. The summed E-state index contributed by atoms with van der Waals surface area (Å²) in [7, 11) is 0. The minimum atomic E-state index is -0.335. The van der Waals surface area contributed by atoms with E-state index in [2.05, 4.69) is 10.6 Å². The summed E-state index contributed by atoms with van der Waals surface area (Å²) in [6.45, 7) is 0. The van der Waals surface area contributed by atoms with Crippen LogP contribution in [0.4, 0.5) is 4.79 Å². The van der Waals surface area contributed by atoms with Crippen molar-refractivity contribution in [1.82, 2.24) is 10.6 Å². The molecule has 4 nitrogen and oxygen atoms in total. The molecule has 0 bridgehead atoms. The van der Waals surface area contributed by atoms with Crippen molar-refractivity contribution in [3.05, 3.63) is 0 Å². The number of imide groups is 1. The van der Waals surface area contributed by atoms with Gasteiger partial charge in [0.15, 0.2) is 0 Å². The third kappa shape index (κ3) is 0.982. The zero-order valence-electron chi connectivity index (χ0n) is 6.09. The van der Waals surface area contributed by atoms with Crippen LogP contribution in [0.2, 0.25) is 0 Å². The smallest absolute Gasteiger partial charge is 0.321 e. The standard InChI is InChI=1S/C7H10N2O2/c10-6-4-2-1-3-5(4)8-7(11)9-6/h4-5H,1-3H2,(H2,8,9,10,11)/t4-,5+/m0/s1. The quantitative estimate of drug-likeness (QED) is 0.515. The van der Waals surface area contributed by atoms with Crippen molar-refractivity contribution in [3.8, 4) is 0 Å². The highest BCUT2D eigenvalue weighted by Gasteiger charge is 2.38. The number of carbonyl (C=O) groups is 2. The molecule has 60 valence electrons. The van der Waals surface area contributed by atoms with Crippen LogP contribution in [0.5, 0.6) is 0 Å². The van der Waals surface area contributed by atoms with E-state index in [4.69, 9.17) is 0 Å². The molecule has 2 aliphatic rings. The summed E-state index contributed by atoms with van der Waals surface area (Å²) in [6, 6.07) is -0.227. The number of urea groups is 1. The highest BCUT2D eigenvalue weighted by Crippen LogP contribution is 2.27. The van der Waals surface area contributed by atoms with Gasteiger partial charge in [0, 0.05) is 6.04 Å². The van der Waals surface area contributed by atoms with Crippen LogP contribution in [-0.2, 0) is 4.79 Å². The van der Waals surface area contributed by atoms with Crippen LogP contribution < -0.4 is 10.6 Å². The number of rotatable bonds is 0. The van der Waals surface area contributed by atoms with E-state index in [1.807, 2.05) is 0 Å². The van der Waals surface area contributed by atoms with E-state index in [0.29, 0.717) is 0 Å². The molecule has 2 N–H and O–H groups in total. The molecule has 4 heteroatoms. The number of carbonyl (C=O) groups excluding carboxylic acids is 2. The molecule has 0 spiro atoms. The molecular weight excluding hydrogens is 144 g/mol. The van der Waals surface area contributed by atoms with Crippen LogP contribution >= 0.6 is 0 Å². The fourth-order valence-corrected chi connectivity index (χ4v) is 1.86. The molecule has 0 aromatic rings. The molecule has 2 fully saturated rings. The second-order valence-corrected chi connectivity index (χ2v) is 3.11. The summed E-state index contributed by atoms with van der Waals surface area (Å²) < 4.78 is 0. The van der Waals surface area contributed by atoms with Crippen molar-refractivity contribution in [2.24, 2.45) is 5.92 Å². The Bertz CT molecular complexity index is 214. The molecule has 1 heterocycles. The molecule has 3 amide bonds. The van der Waals surface area contributed by atoms with E-state index in [0.717, 1.165) is 19.3 Å². The minimum absolute atomic E-state index is 0.0349. The SMILES string of the molecule is O=C1NC(=O)[C@H]2CCC[C@H]2N1. The van der Waals surface area contributed by atoms with Crippen molar-refractivity contribution in [1.29, 1.82) is 0 Å². The maximum Gasteiger partial charge on any atom is 0.321 e. The van der Waals surface area contributed by atoms with Gasteiger partial charge in [-0.05, 0) is 12.8 Å². The second kappa shape index (κ2) is 2.22. The van der Waals surface area contributed by atoms with Gasteiger partial charge in [-0.1, -0.05) is 6.42 Å². The molecule has 2 rings (SSSR count). The molecule has 1 aliphatic heterocycles. The Balaban J connectivity index is 2.16. The van der Waals surface area contributed by atoms with Crippen molar-refractivity contribution < 1.29 is 9.59 Å². The summed E-state index contributed by atoms with van der Waals surface area (Å²) in [6.07, 6.45) is 2.91. The van der Waals surface area contributed by atoms with Gasteiger partial charge in [0.05, 0.1) is 5.92 Å². The first-order valence-electron chi connectivity index (χ1n) is 3.89. The van der Waals surface area contributed by atoms with E-state index < -0.39 is 0 Å². The predicted molar refractivity (Wildman–Crippen MR) is 37.8 cm³/mol. The van der Waals surface area contributed by atoms with Crippen molar-refractivity contribution in [2.45, 2.75) is 25.3 Å². The molecule has 1 aliphatic carbocycles. The van der Waals surface area contributed by atoms with Gasteiger partial charge in [0.2, 0.25) is 5.91 Å². The molecule has 1 saturated carbocycles. The van der Waals surface area contributed by atoms with Gasteiger partial charge in [-0.2, -0.15) is 0 Å². The van der Waals surface area contributed by atoms with Gasteiger partial charge in [0.1, 0.15) is 0 Å². The van der Waals surface area contributed by atoms with Gasteiger partial charge in [-0.3, -0.25) is 10.1 Å². The summed E-state index contributed by atoms with van der Waals surface area (Å²) in [5, 5.41) is 5.00. The van der Waals surface area contributed by atoms with Crippen LogP contribution in [0.15, 0.2) is 0 Å². The Morgan fingerprint density at radius 3 is 2.91 bits per heavy atom. The van der Waals surface area contributed by atoms with Crippen molar-refractivity contribution in [3.63, 3.8) is 0 Å². The largest absolute Gasteiger partial charge is 0.334 e. The fraction of sp³-hybridized carbons (Fsp3) is 0.714. The molecule has 0 radical (unpaired) electrons. The first-order valence-corrected chi connectivity index (χ1v) is 3.89. The Morgan fingerprint density at radius 2 is 2.09 bits per heavy atom. The van der Waals surface area contributed by atoms with E-state index in [1.54, 1.807) is 0 Å². The van der Waals surface area contributed by atoms with Crippen LogP contribution in [-0.4, -0.2) is 18.0 Å². The van der Waals surface area contributed by atoms with E-state index in [-0.39, 0.29) is 23.9 Å². The monoisotopic (exact) mass is 154 g/mol. The Kier molecular flexibility index (Phi) is 1.34. The Labute approximate surface area is 64.3 Å². The zero-order chi connectivity index (χ0) is 7.84. The number of nitrogens with one attached hydrogen (secondary N) is 2. The Hall–Kier alpha value is -1.06. The molecule has 0 aromatic carbocycles. The zero-order valence-corrected chi connectivity index (χ0v) is 6.09. The lowest BCUT2D eigenvalue weighted by Gasteiger charge is -2.25. The van der Waals surface area contributed by atoms with Gasteiger partial charge < -0.3 is 5.32 Å². The average Bonchev–Trinajstić information content (AvgIpc) is 2.34. The van der Waals surface area contributed by atoms with Crippen LogP contribution in [0.3, 0.4) is 0 Å². The third-order valence-corrected chi connectivity index (χ3v) is 2.41. The minimum Gasteiger partial charge on any atom is -0.334 e. The van der Waals surface area contributed by atoms with Crippen LogP contribution in [0, 0.1) is 5.92 Å². The lowest BCUT2D eigenvalue weighted by molar-refractivity contribution is -0.125. The highest BCUT2D eigenvalue weighted by molar-refractivity contribution is 5.98. The highest BCUT2D eigenvalue weighted by atomic mass is 16.2. The molecule has 2 atom stereocenters. The van der Waals surface area contributed by atoms with E-state index in [1.165, 1.54) is 0 Å². The topological polar surface area (TPSA) is 58.2 Å². The third-order valence-electron chi connectivity index (χ3n) is 2.41. The lowest BCUT2D eigenvalue weighted by Crippen LogP contribution is -2.56. The Morgan fingerprint density at radius 1 is 1.27 bits per heavy atom. The summed E-state index contributed by atoms with van der Waals surface area (Å²) >= 11 is 0. The molecule has 0 unspecified atom stereocenters. The number of fused-ring (bicyclic) bond motifs is 1. The summed E-state index contributed by atoms with van der Waals surface area (Å²) in [4.78, 5) is 21.9. The average molecular weight is 154 g/mol. The molecule has 1 saturated heterocycles. The molecule has 11 heavy (non-hydrogen) atoms. The normalized spacial score (nSPS) is 36.0. The number of amides is 3. The molecular formula is C7H10N2O2. The maximum atomic E-state index is 11.1. The summed E-state index contributed by atoms with van der Waals surface area (Å²) in [5.41, 5.74) is 0. The van der Waals surface area contributed by atoms with Gasteiger partial charge in [-0.15, -0.1) is 0 Å². The van der Waals surface area contributed by atoms with Crippen molar-refractivity contribution in [2.75, 3.05) is 0 Å².